The Morgan fingerprint density at radius 1 is 1.40 bits per heavy atom. The molecular formula is C12H21N3O5. The third-order valence-electron chi connectivity index (χ3n) is 3.34. The molecule has 0 saturated heterocycles. The fourth-order valence-electron chi connectivity index (χ4n) is 2.21. The molecule has 20 heavy (non-hydrogen) atoms. The minimum atomic E-state index is -1.19. The number of hydrogen-bond donors (Lipinski definition) is 4. The zero-order valence-electron chi connectivity index (χ0n) is 11.4. The van der Waals surface area contributed by atoms with E-state index in [0.29, 0.717) is 6.42 Å². The Hall–Kier alpha value is -1.83. The van der Waals surface area contributed by atoms with Crippen LogP contribution in [-0.2, 0) is 14.3 Å². The summed E-state index contributed by atoms with van der Waals surface area (Å²) in [6.07, 6.45) is 2.39. The fraction of sp³-hybridized carbons (Fsp3) is 0.750. The van der Waals surface area contributed by atoms with E-state index in [2.05, 4.69) is 10.6 Å². The van der Waals surface area contributed by atoms with Crippen LogP contribution in [-0.4, -0.2) is 48.3 Å². The Balaban J connectivity index is 2.38. The molecule has 0 radical (unpaired) electrons. The zero-order chi connectivity index (χ0) is 15.1. The second kappa shape index (κ2) is 7.68. The number of carboxylic acids is 1. The van der Waals surface area contributed by atoms with Gasteiger partial charge >= 0.3 is 12.0 Å². The predicted molar refractivity (Wildman–Crippen MR) is 70.0 cm³/mol. The van der Waals surface area contributed by atoms with Crippen molar-refractivity contribution in [2.75, 3.05) is 7.11 Å². The van der Waals surface area contributed by atoms with Gasteiger partial charge in [-0.3, -0.25) is 4.79 Å². The maximum Gasteiger partial charge on any atom is 0.326 e. The molecule has 1 aliphatic rings. The van der Waals surface area contributed by atoms with E-state index in [4.69, 9.17) is 15.6 Å². The van der Waals surface area contributed by atoms with Gasteiger partial charge in [-0.05, 0) is 25.7 Å². The number of hydrogen-bond acceptors (Lipinski definition) is 4. The first-order valence-electron chi connectivity index (χ1n) is 6.53. The minimum absolute atomic E-state index is 0.0227. The Bertz CT molecular complexity index is 374. The van der Waals surface area contributed by atoms with Crippen LogP contribution in [0.3, 0.4) is 0 Å². The van der Waals surface area contributed by atoms with Crippen molar-refractivity contribution in [2.45, 2.75) is 50.3 Å². The second-order valence-electron chi connectivity index (χ2n) is 4.88. The van der Waals surface area contributed by atoms with Crippen molar-refractivity contribution in [3.8, 4) is 0 Å². The van der Waals surface area contributed by atoms with Crippen LogP contribution in [0, 0.1) is 0 Å². The number of nitrogens with two attached hydrogens (primary N) is 1. The number of amides is 3. The monoisotopic (exact) mass is 287 g/mol. The molecule has 0 aromatic rings. The van der Waals surface area contributed by atoms with Gasteiger partial charge in [-0.25, -0.2) is 9.59 Å². The molecule has 0 bridgehead atoms. The van der Waals surface area contributed by atoms with Crippen LogP contribution in [0.25, 0.3) is 0 Å². The highest BCUT2D eigenvalue weighted by Gasteiger charge is 2.27. The van der Waals surface area contributed by atoms with Gasteiger partial charge in [0.05, 0.1) is 6.10 Å². The van der Waals surface area contributed by atoms with Crippen molar-refractivity contribution >= 4 is 17.9 Å². The molecule has 1 saturated carbocycles. The third kappa shape index (κ3) is 5.43. The van der Waals surface area contributed by atoms with Gasteiger partial charge < -0.3 is 26.2 Å². The van der Waals surface area contributed by atoms with Crippen LogP contribution in [0.5, 0.6) is 0 Å². The average Bonchev–Trinajstić information content (AvgIpc) is 2.81. The number of rotatable bonds is 7. The predicted octanol–water partition coefficient (Wildman–Crippen LogP) is -0.428. The molecule has 0 aliphatic heterocycles. The van der Waals surface area contributed by atoms with Crippen LogP contribution < -0.4 is 16.4 Å². The van der Waals surface area contributed by atoms with Gasteiger partial charge in [0.2, 0.25) is 5.91 Å². The molecule has 3 amide bonds. The molecule has 0 heterocycles. The van der Waals surface area contributed by atoms with Crippen molar-refractivity contribution in [3.63, 3.8) is 0 Å². The fourth-order valence-corrected chi connectivity index (χ4v) is 2.21. The summed E-state index contributed by atoms with van der Waals surface area (Å²) >= 11 is 0. The van der Waals surface area contributed by atoms with Crippen LogP contribution in [0.1, 0.15) is 32.1 Å². The molecular weight excluding hydrogens is 266 g/mol. The van der Waals surface area contributed by atoms with Crippen molar-refractivity contribution in [2.24, 2.45) is 5.73 Å². The van der Waals surface area contributed by atoms with Crippen molar-refractivity contribution in [1.29, 1.82) is 0 Å². The van der Waals surface area contributed by atoms with Crippen LogP contribution in [0.15, 0.2) is 0 Å². The summed E-state index contributed by atoms with van der Waals surface area (Å²) in [7, 11) is 1.62. The Kier molecular flexibility index (Phi) is 6.23. The second-order valence-corrected chi connectivity index (χ2v) is 4.88. The molecule has 1 rings (SSSR count). The first-order chi connectivity index (χ1) is 9.42. The summed E-state index contributed by atoms with van der Waals surface area (Å²) in [6, 6.07) is -1.70. The van der Waals surface area contributed by atoms with Gasteiger partial charge in [0, 0.05) is 19.6 Å². The summed E-state index contributed by atoms with van der Waals surface area (Å²) in [5, 5.41) is 14.0. The minimum Gasteiger partial charge on any atom is -0.480 e. The quantitative estimate of drug-likeness (QED) is 0.504. The number of nitrogens with one attached hydrogen (secondary N) is 2. The normalized spacial score (nSPS) is 23.1. The maximum atomic E-state index is 11.7. The van der Waals surface area contributed by atoms with Crippen molar-refractivity contribution < 1.29 is 24.2 Å². The Labute approximate surface area is 117 Å². The molecule has 2 unspecified atom stereocenters. The summed E-state index contributed by atoms with van der Waals surface area (Å²) in [6.45, 7) is 0. The largest absolute Gasteiger partial charge is 0.480 e. The van der Waals surface area contributed by atoms with Gasteiger partial charge in [0.1, 0.15) is 6.04 Å². The topological polar surface area (TPSA) is 131 Å². The highest BCUT2D eigenvalue weighted by Crippen LogP contribution is 2.21. The van der Waals surface area contributed by atoms with E-state index in [9.17, 15) is 14.4 Å². The van der Waals surface area contributed by atoms with Gasteiger partial charge in [0.25, 0.3) is 0 Å². The SMILES string of the molecule is COC1CCC(NC(=O)N[C@H](CCC(N)=O)C(=O)O)C1. The lowest BCUT2D eigenvalue weighted by Crippen LogP contribution is -2.48. The van der Waals surface area contributed by atoms with Crippen molar-refractivity contribution in [1.82, 2.24) is 10.6 Å². The molecule has 0 aromatic carbocycles. The van der Waals surface area contributed by atoms with Gasteiger partial charge in [-0.2, -0.15) is 0 Å². The number of aliphatic carboxylic acids is 1. The molecule has 0 spiro atoms. The number of carboxylic acid groups (broad SMARTS) is 1. The van der Waals surface area contributed by atoms with E-state index in [0.717, 1.165) is 12.8 Å². The highest BCUT2D eigenvalue weighted by molar-refractivity contribution is 5.83. The maximum absolute atomic E-state index is 11.7. The smallest absolute Gasteiger partial charge is 0.326 e. The van der Waals surface area contributed by atoms with Crippen molar-refractivity contribution in [3.05, 3.63) is 0 Å². The number of urea groups is 1. The molecule has 1 fully saturated rings. The Morgan fingerprint density at radius 3 is 2.60 bits per heavy atom. The zero-order valence-corrected chi connectivity index (χ0v) is 11.4. The van der Waals surface area contributed by atoms with Crippen LogP contribution in [0.2, 0.25) is 0 Å². The van der Waals surface area contributed by atoms with E-state index in [1.165, 1.54) is 0 Å². The van der Waals surface area contributed by atoms with E-state index in [1.807, 2.05) is 0 Å². The van der Waals surface area contributed by atoms with Crippen LogP contribution in [0.4, 0.5) is 4.79 Å². The number of carbonyl (C=O) groups excluding carboxylic acids is 2. The number of methoxy groups -OCH3 is 1. The number of primary amides is 1. The standard InChI is InChI=1S/C12H21N3O5/c1-20-8-3-2-7(6-8)14-12(19)15-9(11(17)18)4-5-10(13)16/h7-9H,2-6H2,1H3,(H2,13,16)(H,17,18)(H2,14,15,19)/t7?,8?,9-/m1/s1. The summed E-state index contributed by atoms with van der Waals surface area (Å²) in [5.74, 6) is -1.79. The number of carbonyl (C=O) groups is 3. The lowest BCUT2D eigenvalue weighted by Gasteiger charge is -2.17. The van der Waals surface area contributed by atoms with Gasteiger partial charge in [-0.15, -0.1) is 0 Å². The summed E-state index contributed by atoms with van der Waals surface area (Å²) in [4.78, 5) is 33.3. The molecule has 114 valence electrons. The van der Waals surface area contributed by atoms with Crippen LogP contribution >= 0.6 is 0 Å². The lowest BCUT2D eigenvalue weighted by atomic mass is 10.1. The highest BCUT2D eigenvalue weighted by atomic mass is 16.5. The molecule has 3 atom stereocenters. The third-order valence-corrected chi connectivity index (χ3v) is 3.34. The molecule has 1 aliphatic carbocycles. The summed E-state index contributed by atoms with van der Waals surface area (Å²) in [5.41, 5.74) is 4.96. The van der Waals surface area contributed by atoms with E-state index in [1.54, 1.807) is 7.11 Å². The van der Waals surface area contributed by atoms with Gasteiger partial charge in [-0.1, -0.05) is 0 Å². The lowest BCUT2D eigenvalue weighted by molar-refractivity contribution is -0.139. The molecule has 5 N–H and O–H groups in total. The first-order valence-corrected chi connectivity index (χ1v) is 6.53. The van der Waals surface area contributed by atoms with E-state index in [-0.39, 0.29) is 25.0 Å². The molecule has 8 nitrogen and oxygen atoms in total. The Morgan fingerprint density at radius 2 is 2.10 bits per heavy atom. The summed E-state index contributed by atoms with van der Waals surface area (Å²) < 4.78 is 5.19. The first kappa shape index (κ1) is 16.2. The van der Waals surface area contributed by atoms with E-state index < -0.39 is 23.9 Å². The molecule has 0 aromatic heterocycles. The molecule has 8 heteroatoms. The number of ether oxygens (including phenoxy) is 1. The van der Waals surface area contributed by atoms with Gasteiger partial charge in [0.15, 0.2) is 0 Å². The average molecular weight is 287 g/mol. The van der Waals surface area contributed by atoms with E-state index >= 15 is 0 Å².